The highest BCUT2D eigenvalue weighted by Crippen LogP contribution is 2.61. The molecule has 0 bridgehead atoms. The molecule has 56 heavy (non-hydrogen) atoms. The van der Waals surface area contributed by atoms with Crippen LogP contribution in [0.5, 0.6) is 0 Å². The van der Waals surface area contributed by atoms with E-state index in [1.54, 1.807) is 29.7 Å². The van der Waals surface area contributed by atoms with E-state index in [0.29, 0.717) is 58.1 Å². The van der Waals surface area contributed by atoms with E-state index in [9.17, 15) is 59.0 Å². The largest absolute Gasteiger partial charge is 0.511 e. The lowest BCUT2D eigenvalue weighted by molar-refractivity contribution is -0.451. The van der Waals surface area contributed by atoms with Gasteiger partial charge in [0.2, 0.25) is 5.69 Å². The number of β-amino-alcohol motifs (C(OH)–C–C–N with tert-alkyl or cyclic N) is 2. The zero-order chi connectivity index (χ0) is 40.9. The highest BCUT2D eigenvalue weighted by molar-refractivity contribution is 7.94. The summed E-state index contributed by atoms with van der Waals surface area (Å²) in [5, 5.41) is 45.9. The van der Waals surface area contributed by atoms with E-state index < -0.39 is 94.0 Å². The van der Waals surface area contributed by atoms with Crippen molar-refractivity contribution in [3.05, 3.63) is 70.1 Å². The lowest BCUT2D eigenvalue weighted by Gasteiger charge is -2.35. The van der Waals surface area contributed by atoms with Crippen molar-refractivity contribution in [3.8, 4) is 0 Å². The number of hydrogen-bond donors (Lipinski definition) is 7. The van der Waals surface area contributed by atoms with E-state index in [4.69, 9.17) is 5.26 Å². The number of carbonyl (C=O) groups excluding carboxylic acids is 1. The monoisotopic (exact) mass is 859 g/mol. The Morgan fingerprint density at radius 3 is 2.23 bits per heavy atom. The number of allylic oxidation sites excluding steroid dienone is 4. The van der Waals surface area contributed by atoms with Crippen LogP contribution in [0.4, 0.5) is 11.4 Å². The first-order valence-corrected chi connectivity index (χ1v) is 22.7. The van der Waals surface area contributed by atoms with Gasteiger partial charge in [-0.05, 0) is 81.0 Å². The molecule has 0 amide bonds. The number of benzene rings is 2. The van der Waals surface area contributed by atoms with Crippen LogP contribution in [-0.4, -0.2) is 112 Å². The number of rotatable bonds is 14. The van der Waals surface area contributed by atoms with Crippen molar-refractivity contribution in [1.29, 1.82) is 0 Å². The molecule has 1 fully saturated rings. The Morgan fingerprint density at radius 1 is 0.929 bits per heavy atom. The first kappa shape index (κ1) is 40.9. The molecular formula is C34H39N2O16S4+. The summed E-state index contributed by atoms with van der Waals surface area (Å²) in [5.74, 6) is -4.35. The molecule has 5 aliphatic rings. The number of nitrogens with zero attached hydrogens (tertiary/aromatic N) is 2. The van der Waals surface area contributed by atoms with Crippen molar-refractivity contribution in [2.75, 3.05) is 29.5 Å². The third-order valence-electron chi connectivity index (χ3n) is 11.7. The van der Waals surface area contributed by atoms with E-state index in [1.807, 2.05) is 6.92 Å². The van der Waals surface area contributed by atoms with E-state index in [0.717, 1.165) is 23.7 Å². The quantitative estimate of drug-likeness (QED) is 0.0472. The standard InChI is InChI=1S/C34H38N2O16S4/c1-33-9-7-21(31(33)35(13-17(37)15-54(42,43)44)25-5-3-19(11-23(25)33)53-52-51-41)27-29(39)28(30(27)40)22-8-10-34(2)24-12-20(56(48,49)50)4-6-26(24)36(32(22)34)14-18(38)16-55(45,46)47/h3-6,11-12,17-18,21,27,37-38H,7-10,13-16H2,1-2H3,(H4-,39,40,41,42,43,44,45,46,47,48,49,50)/p+1. The van der Waals surface area contributed by atoms with E-state index in [1.165, 1.54) is 17.0 Å². The highest BCUT2D eigenvalue weighted by Gasteiger charge is 2.63. The number of fused-ring (bicyclic) bond motifs is 6. The van der Waals surface area contributed by atoms with Crippen molar-refractivity contribution in [2.45, 2.75) is 72.4 Å². The van der Waals surface area contributed by atoms with Crippen LogP contribution in [0, 0.1) is 11.8 Å². The minimum absolute atomic E-state index is 0.00770. The SMILES string of the molecule is CC12CCC(C3=C(O)C(C4CCC5(C)C4=[N+](CC(O)CS(=O)(=O)O)c4ccc(SOOO)cc45)C3=O)=C1N(CC(O)CS(=O)(=O)O)c1ccc(S(=O)(=O)O)cc12. The maximum Gasteiger partial charge on any atom is 0.294 e. The number of anilines is 1. The van der Waals surface area contributed by atoms with Gasteiger partial charge in [-0.1, -0.05) is 5.04 Å². The fourth-order valence-electron chi connectivity index (χ4n) is 9.59. The summed E-state index contributed by atoms with van der Waals surface area (Å²) in [7, 11) is -13.8. The third-order valence-corrected chi connectivity index (χ3v) is 14.7. The van der Waals surface area contributed by atoms with Crippen LogP contribution in [0.15, 0.2) is 68.8 Å². The average Bonchev–Trinajstić information content (AvgIpc) is 3.73. The second-order valence-corrected chi connectivity index (χ2v) is 20.4. The minimum Gasteiger partial charge on any atom is -0.511 e. The number of ketones is 1. The predicted molar refractivity (Wildman–Crippen MR) is 197 cm³/mol. The maximum absolute atomic E-state index is 14.5. The second-order valence-electron chi connectivity index (χ2n) is 15.2. The smallest absolute Gasteiger partial charge is 0.294 e. The van der Waals surface area contributed by atoms with Gasteiger partial charge in [0.1, 0.15) is 23.4 Å². The van der Waals surface area contributed by atoms with Crippen molar-refractivity contribution in [2.24, 2.45) is 11.8 Å². The fourth-order valence-corrected chi connectivity index (χ4v) is 11.7. The Hall–Kier alpha value is -3.26. The van der Waals surface area contributed by atoms with Crippen LogP contribution >= 0.6 is 12.0 Å². The van der Waals surface area contributed by atoms with Crippen LogP contribution in [0.1, 0.15) is 50.7 Å². The van der Waals surface area contributed by atoms with Gasteiger partial charge in [-0.15, -0.1) is 4.33 Å². The molecule has 2 heterocycles. The summed E-state index contributed by atoms with van der Waals surface area (Å²) in [6.07, 6.45) is -1.82. The van der Waals surface area contributed by atoms with E-state index in [-0.39, 0.29) is 24.3 Å². The molecule has 18 nitrogen and oxygen atoms in total. The average molecular weight is 860 g/mol. The zero-order valence-corrected chi connectivity index (χ0v) is 33.0. The molecule has 22 heteroatoms. The Labute approximate surface area is 326 Å². The first-order valence-electron chi connectivity index (χ1n) is 17.3. The minimum atomic E-state index is -4.65. The molecule has 2 aliphatic heterocycles. The Balaban J connectivity index is 1.32. The summed E-state index contributed by atoms with van der Waals surface area (Å²) < 4.78 is 106. The normalized spacial score (nSPS) is 27.1. The number of hydrogen-bond acceptors (Lipinski definition) is 15. The molecule has 304 valence electrons. The van der Waals surface area contributed by atoms with Gasteiger partial charge >= 0.3 is 0 Å². The van der Waals surface area contributed by atoms with Gasteiger partial charge in [-0.3, -0.25) is 18.5 Å². The van der Waals surface area contributed by atoms with Crippen LogP contribution in [-0.2, 0) is 55.4 Å². The van der Waals surface area contributed by atoms with Crippen molar-refractivity contribution in [3.63, 3.8) is 0 Å². The van der Waals surface area contributed by atoms with Crippen LogP contribution in [0.25, 0.3) is 0 Å². The summed E-state index contributed by atoms with van der Waals surface area (Å²) in [4.78, 5) is 16.1. The molecule has 0 spiro atoms. The molecule has 1 saturated carbocycles. The zero-order valence-electron chi connectivity index (χ0n) is 29.8. The summed E-state index contributed by atoms with van der Waals surface area (Å²) in [6.45, 7) is 3.00. The molecule has 0 aromatic heterocycles. The molecular weight excluding hydrogens is 821 g/mol. The molecule has 6 unspecified atom stereocenters. The molecule has 6 atom stereocenters. The van der Waals surface area contributed by atoms with Gasteiger partial charge < -0.3 is 20.2 Å². The van der Waals surface area contributed by atoms with Crippen molar-refractivity contribution >= 4 is 65.3 Å². The van der Waals surface area contributed by atoms with Crippen LogP contribution in [0.3, 0.4) is 0 Å². The van der Waals surface area contributed by atoms with E-state index >= 15 is 0 Å². The Kier molecular flexibility index (Phi) is 10.2. The van der Waals surface area contributed by atoms with Crippen molar-refractivity contribution in [1.82, 2.24) is 0 Å². The molecule has 7 rings (SSSR count). The molecule has 0 saturated heterocycles. The van der Waals surface area contributed by atoms with E-state index in [2.05, 4.69) is 9.37 Å². The van der Waals surface area contributed by atoms with Gasteiger partial charge in [-0.25, -0.2) is 5.26 Å². The van der Waals surface area contributed by atoms with Crippen molar-refractivity contribution < 1.29 is 78.2 Å². The lowest BCUT2D eigenvalue weighted by atomic mass is 9.68. The molecule has 0 radical (unpaired) electrons. The van der Waals surface area contributed by atoms with Gasteiger partial charge in [0, 0.05) is 39.9 Å². The summed E-state index contributed by atoms with van der Waals surface area (Å²) in [6, 6.07) is 8.90. The van der Waals surface area contributed by atoms with Gasteiger partial charge in [-0.2, -0.15) is 29.8 Å². The number of Topliss-reactive ketones (excluding diaryl/α,β-unsaturated/α-hetero) is 1. The predicted octanol–water partition coefficient (Wildman–Crippen LogP) is 2.46. The topological polar surface area (TPSA) is 286 Å². The summed E-state index contributed by atoms with van der Waals surface area (Å²) >= 11 is 0.719. The van der Waals surface area contributed by atoms with Gasteiger partial charge in [0.15, 0.2) is 18.0 Å². The molecule has 2 aromatic carbocycles. The van der Waals surface area contributed by atoms with Crippen LogP contribution < -0.4 is 4.90 Å². The first-order chi connectivity index (χ1) is 26.0. The summed E-state index contributed by atoms with van der Waals surface area (Å²) in [5.41, 5.74) is 1.73. The highest BCUT2D eigenvalue weighted by atomic mass is 32.2. The van der Waals surface area contributed by atoms with Gasteiger partial charge in [0.25, 0.3) is 30.4 Å². The number of aliphatic hydroxyl groups is 3. The Morgan fingerprint density at radius 2 is 1.61 bits per heavy atom. The van der Waals surface area contributed by atoms with Crippen LogP contribution in [0.2, 0.25) is 0 Å². The number of carbonyl (C=O) groups is 1. The third kappa shape index (κ3) is 6.91. The number of aliphatic hydroxyl groups excluding tert-OH is 3. The molecule has 2 aromatic rings. The fraction of sp³-hybridized carbons (Fsp3) is 0.471. The Bertz CT molecular complexity index is 2480. The van der Waals surface area contributed by atoms with Gasteiger partial charge in [0.05, 0.1) is 45.9 Å². The molecule has 7 N–H and O–H groups in total. The molecule has 3 aliphatic carbocycles. The maximum atomic E-state index is 14.5. The second kappa shape index (κ2) is 13.9. The lowest BCUT2D eigenvalue weighted by Crippen LogP contribution is -2.44.